The lowest BCUT2D eigenvalue weighted by molar-refractivity contribution is -0.144. The van der Waals surface area contributed by atoms with Crippen molar-refractivity contribution in [3.05, 3.63) is 47.2 Å². The quantitative estimate of drug-likeness (QED) is 0.512. The molecule has 1 N–H and O–H groups in total. The Labute approximate surface area is 193 Å². The highest BCUT2D eigenvalue weighted by Gasteiger charge is 2.40. The number of anilines is 2. The molecule has 0 unspecified atom stereocenters. The van der Waals surface area contributed by atoms with E-state index in [9.17, 15) is 14.0 Å². The molecular weight excluding hydrogens is 455 g/mol. The average molecular weight is 475 g/mol. The van der Waals surface area contributed by atoms with E-state index in [2.05, 4.69) is 25.4 Å². The molecule has 0 aliphatic carbocycles. The molecule has 33 heavy (non-hydrogen) atoms. The van der Waals surface area contributed by atoms with Gasteiger partial charge in [0.25, 0.3) is 0 Å². The summed E-state index contributed by atoms with van der Waals surface area (Å²) in [4.78, 5) is 38.1. The predicted octanol–water partition coefficient (Wildman–Crippen LogP) is 3.55. The molecule has 2 atom stereocenters. The fourth-order valence-corrected chi connectivity index (χ4v) is 3.52. The first-order valence-electron chi connectivity index (χ1n) is 10.2. The van der Waals surface area contributed by atoms with Crippen LogP contribution in [0.2, 0.25) is 5.02 Å². The van der Waals surface area contributed by atoms with E-state index in [1.807, 2.05) is 0 Å². The number of esters is 1. The molecule has 1 saturated heterocycles. The number of aromatic nitrogens is 4. The number of carbonyl (C=O) groups is 2. The summed E-state index contributed by atoms with van der Waals surface area (Å²) in [5, 5.41) is 7.49. The first-order valence-corrected chi connectivity index (χ1v) is 10.6. The van der Waals surface area contributed by atoms with Crippen LogP contribution in [0.25, 0.3) is 11.4 Å². The Morgan fingerprint density at radius 2 is 2.12 bits per heavy atom. The maximum atomic E-state index is 14.5. The summed E-state index contributed by atoms with van der Waals surface area (Å²) < 4.78 is 24.9. The van der Waals surface area contributed by atoms with E-state index in [-0.39, 0.29) is 37.1 Å². The third-order valence-electron chi connectivity index (χ3n) is 4.98. The minimum atomic E-state index is -0.940. The first kappa shape index (κ1) is 22.6. The first-order chi connectivity index (χ1) is 15.9. The molecule has 10 nitrogen and oxygen atoms in total. The Morgan fingerprint density at radius 1 is 1.36 bits per heavy atom. The minimum Gasteiger partial charge on any atom is -0.464 e. The molecule has 0 saturated carbocycles. The van der Waals surface area contributed by atoms with Crippen molar-refractivity contribution in [2.45, 2.75) is 38.8 Å². The molecule has 4 rings (SSSR count). The van der Waals surface area contributed by atoms with Gasteiger partial charge < -0.3 is 14.6 Å². The molecule has 1 fully saturated rings. The zero-order chi connectivity index (χ0) is 23.5. The van der Waals surface area contributed by atoms with Crippen LogP contribution < -0.4 is 10.2 Å². The average Bonchev–Trinajstić information content (AvgIpc) is 3.43. The molecule has 1 aromatic carbocycles. The Bertz CT molecular complexity index is 1170. The van der Waals surface area contributed by atoms with Crippen molar-refractivity contribution < 1.29 is 23.2 Å². The SMILES string of the molecule is CCOC(=O)[C@H]1CCC(=O)N1c1nc(N[C@@H](C)c2nc(-c3ccc(Cl)cc3)no2)ncc1F. The van der Waals surface area contributed by atoms with Gasteiger partial charge in [0, 0.05) is 17.0 Å². The maximum Gasteiger partial charge on any atom is 0.329 e. The van der Waals surface area contributed by atoms with E-state index in [1.54, 1.807) is 38.1 Å². The van der Waals surface area contributed by atoms with Crippen molar-refractivity contribution >= 4 is 35.2 Å². The number of hydrogen-bond donors (Lipinski definition) is 1. The van der Waals surface area contributed by atoms with Crippen molar-refractivity contribution in [3.8, 4) is 11.4 Å². The van der Waals surface area contributed by atoms with E-state index in [0.29, 0.717) is 10.8 Å². The van der Waals surface area contributed by atoms with E-state index in [1.165, 1.54) is 0 Å². The van der Waals surface area contributed by atoms with Crippen LogP contribution in [-0.4, -0.2) is 44.6 Å². The second-order valence-electron chi connectivity index (χ2n) is 7.26. The summed E-state index contributed by atoms with van der Waals surface area (Å²) in [6.45, 7) is 3.54. The largest absolute Gasteiger partial charge is 0.464 e. The Balaban J connectivity index is 1.54. The standard InChI is InChI=1S/C21H20ClFN6O4/c1-3-32-20(31)15-8-9-16(30)29(15)18-14(23)10-24-21(27-18)25-11(2)19-26-17(28-33-19)12-4-6-13(22)7-5-12/h4-7,10-11,15H,3,8-9H2,1-2H3,(H,24,25,27)/t11-,15+/m0/s1. The number of hydrogen-bond acceptors (Lipinski definition) is 9. The van der Waals surface area contributed by atoms with Crippen LogP contribution in [0.4, 0.5) is 16.2 Å². The molecular formula is C21H20ClFN6O4. The third kappa shape index (κ3) is 4.77. The number of halogens is 2. The Kier molecular flexibility index (Phi) is 6.50. The highest BCUT2D eigenvalue weighted by molar-refractivity contribution is 6.30. The van der Waals surface area contributed by atoms with Crippen LogP contribution in [0.1, 0.15) is 38.6 Å². The molecule has 1 amide bonds. The van der Waals surface area contributed by atoms with Crippen LogP contribution in [0.15, 0.2) is 35.0 Å². The normalized spacial score (nSPS) is 16.7. The highest BCUT2D eigenvalue weighted by Crippen LogP contribution is 2.29. The number of nitrogens with zero attached hydrogens (tertiary/aromatic N) is 5. The minimum absolute atomic E-state index is 0.0208. The van der Waals surface area contributed by atoms with Crippen LogP contribution in [0.3, 0.4) is 0 Å². The van der Waals surface area contributed by atoms with Crippen LogP contribution >= 0.6 is 11.6 Å². The molecule has 172 valence electrons. The van der Waals surface area contributed by atoms with Crippen LogP contribution in [0.5, 0.6) is 0 Å². The van der Waals surface area contributed by atoms with Gasteiger partial charge in [0.2, 0.25) is 23.6 Å². The van der Waals surface area contributed by atoms with Gasteiger partial charge in [0.15, 0.2) is 11.6 Å². The molecule has 2 aromatic heterocycles. The predicted molar refractivity (Wildman–Crippen MR) is 116 cm³/mol. The van der Waals surface area contributed by atoms with Gasteiger partial charge in [0.1, 0.15) is 12.1 Å². The van der Waals surface area contributed by atoms with Gasteiger partial charge in [-0.25, -0.2) is 14.2 Å². The number of amides is 1. The smallest absolute Gasteiger partial charge is 0.329 e. The zero-order valence-electron chi connectivity index (χ0n) is 17.8. The lowest BCUT2D eigenvalue weighted by atomic mass is 10.2. The second kappa shape index (κ2) is 9.49. The fraction of sp³-hybridized carbons (Fsp3) is 0.333. The lowest BCUT2D eigenvalue weighted by Crippen LogP contribution is -2.41. The van der Waals surface area contributed by atoms with Gasteiger partial charge in [-0.3, -0.25) is 9.69 Å². The highest BCUT2D eigenvalue weighted by atomic mass is 35.5. The second-order valence-corrected chi connectivity index (χ2v) is 7.70. The summed E-state index contributed by atoms with van der Waals surface area (Å²) in [5.41, 5.74) is 0.722. The molecule has 1 aliphatic heterocycles. The topological polar surface area (TPSA) is 123 Å². The number of nitrogens with one attached hydrogen (secondary N) is 1. The number of ether oxygens (including phenoxy) is 1. The summed E-state index contributed by atoms with van der Waals surface area (Å²) >= 11 is 5.90. The summed E-state index contributed by atoms with van der Waals surface area (Å²) in [5.74, 6) is -1.52. The van der Waals surface area contributed by atoms with Gasteiger partial charge in [-0.05, 0) is 44.5 Å². The molecule has 0 radical (unpaired) electrons. The van der Waals surface area contributed by atoms with Crippen molar-refractivity contribution in [1.82, 2.24) is 20.1 Å². The van der Waals surface area contributed by atoms with Gasteiger partial charge in [-0.15, -0.1) is 0 Å². The number of rotatable bonds is 7. The van der Waals surface area contributed by atoms with E-state index in [4.69, 9.17) is 20.9 Å². The van der Waals surface area contributed by atoms with Crippen LogP contribution in [-0.2, 0) is 14.3 Å². The van der Waals surface area contributed by atoms with Crippen molar-refractivity contribution in [3.63, 3.8) is 0 Å². The van der Waals surface area contributed by atoms with E-state index in [0.717, 1.165) is 16.7 Å². The summed E-state index contributed by atoms with van der Waals surface area (Å²) in [6.07, 6.45) is 1.23. The fourth-order valence-electron chi connectivity index (χ4n) is 3.39. The van der Waals surface area contributed by atoms with Crippen molar-refractivity contribution in [2.24, 2.45) is 0 Å². The molecule has 0 bridgehead atoms. The maximum absolute atomic E-state index is 14.5. The Hall–Kier alpha value is -3.60. The third-order valence-corrected chi connectivity index (χ3v) is 5.24. The summed E-state index contributed by atoms with van der Waals surface area (Å²) in [6, 6.07) is 5.48. The van der Waals surface area contributed by atoms with Gasteiger partial charge in [-0.2, -0.15) is 9.97 Å². The molecule has 3 aromatic rings. The molecule has 3 heterocycles. The molecule has 1 aliphatic rings. The van der Waals surface area contributed by atoms with E-state index >= 15 is 0 Å². The van der Waals surface area contributed by atoms with Crippen molar-refractivity contribution in [2.75, 3.05) is 16.8 Å². The van der Waals surface area contributed by atoms with E-state index < -0.39 is 29.8 Å². The van der Waals surface area contributed by atoms with Gasteiger partial charge >= 0.3 is 5.97 Å². The summed E-state index contributed by atoms with van der Waals surface area (Å²) in [7, 11) is 0. The van der Waals surface area contributed by atoms with Crippen molar-refractivity contribution in [1.29, 1.82) is 0 Å². The van der Waals surface area contributed by atoms with Crippen LogP contribution in [0, 0.1) is 5.82 Å². The lowest BCUT2D eigenvalue weighted by Gasteiger charge is -2.23. The van der Waals surface area contributed by atoms with Gasteiger partial charge in [0.05, 0.1) is 12.8 Å². The number of benzene rings is 1. The molecule has 0 spiro atoms. The Morgan fingerprint density at radius 3 is 2.85 bits per heavy atom. The zero-order valence-corrected chi connectivity index (χ0v) is 18.5. The molecule has 12 heteroatoms. The van der Waals surface area contributed by atoms with Gasteiger partial charge in [-0.1, -0.05) is 16.8 Å². The number of carbonyl (C=O) groups excluding carboxylic acids is 2. The monoisotopic (exact) mass is 474 g/mol.